The molecule has 0 heterocycles. The van der Waals surface area contributed by atoms with Crippen LogP contribution in [0.5, 0.6) is 5.75 Å². The molecular formula is C11H12ClIO3. The number of ether oxygens (including phenoxy) is 2. The Bertz CT molecular complexity index is 393. The molecule has 0 spiro atoms. The number of hydrogen-bond donors (Lipinski definition) is 0. The normalized spacial score (nSPS) is 10.0. The number of rotatable bonds is 4. The maximum Gasteiger partial charge on any atom is 0.302 e. The number of alkyl halides is 1. The van der Waals surface area contributed by atoms with E-state index < -0.39 is 0 Å². The molecule has 0 unspecified atom stereocenters. The highest BCUT2D eigenvalue weighted by Crippen LogP contribution is 2.26. The minimum absolute atomic E-state index is 0.265. The summed E-state index contributed by atoms with van der Waals surface area (Å²) in [6.45, 7) is 1.65. The molecule has 0 atom stereocenters. The molecular weight excluding hydrogens is 342 g/mol. The van der Waals surface area contributed by atoms with E-state index in [0.717, 1.165) is 20.4 Å². The van der Waals surface area contributed by atoms with Crippen LogP contribution in [0.15, 0.2) is 12.1 Å². The minimum Gasteiger partial charge on any atom is -0.496 e. The highest BCUT2D eigenvalue weighted by molar-refractivity contribution is 14.1. The van der Waals surface area contributed by atoms with Gasteiger partial charge in [-0.2, -0.15) is 0 Å². The van der Waals surface area contributed by atoms with Gasteiger partial charge in [-0.15, -0.1) is 11.6 Å². The summed E-state index contributed by atoms with van der Waals surface area (Å²) in [5, 5.41) is 0. The third-order valence-electron chi connectivity index (χ3n) is 2.02. The predicted octanol–water partition coefficient (Wildman–Crippen LogP) is 3.10. The van der Waals surface area contributed by atoms with Gasteiger partial charge in [0, 0.05) is 21.6 Å². The lowest BCUT2D eigenvalue weighted by molar-refractivity contribution is -0.142. The second kappa shape index (κ2) is 6.30. The van der Waals surface area contributed by atoms with Gasteiger partial charge in [-0.3, -0.25) is 4.79 Å². The van der Waals surface area contributed by atoms with Crippen LogP contribution in [0.25, 0.3) is 0 Å². The molecule has 0 saturated heterocycles. The first-order chi connectivity index (χ1) is 7.58. The first kappa shape index (κ1) is 13.6. The quantitative estimate of drug-likeness (QED) is 0.473. The first-order valence-electron chi connectivity index (χ1n) is 4.63. The Morgan fingerprint density at radius 1 is 1.44 bits per heavy atom. The van der Waals surface area contributed by atoms with Crippen LogP contribution in [-0.4, -0.2) is 13.1 Å². The van der Waals surface area contributed by atoms with Crippen LogP contribution in [0.4, 0.5) is 0 Å². The topological polar surface area (TPSA) is 35.5 Å². The molecule has 0 saturated carbocycles. The van der Waals surface area contributed by atoms with Gasteiger partial charge in [0.15, 0.2) is 0 Å². The molecule has 0 aromatic heterocycles. The summed E-state index contributed by atoms with van der Waals surface area (Å²) in [4.78, 5) is 10.7. The molecule has 16 heavy (non-hydrogen) atoms. The van der Waals surface area contributed by atoms with Crippen molar-refractivity contribution in [3.8, 4) is 5.75 Å². The van der Waals surface area contributed by atoms with Crippen molar-refractivity contribution in [1.29, 1.82) is 0 Å². The van der Waals surface area contributed by atoms with Crippen LogP contribution < -0.4 is 4.74 Å². The van der Waals surface area contributed by atoms with Crippen molar-refractivity contribution in [3.63, 3.8) is 0 Å². The highest BCUT2D eigenvalue weighted by Gasteiger charge is 2.09. The van der Waals surface area contributed by atoms with Crippen molar-refractivity contribution in [2.75, 3.05) is 7.11 Å². The van der Waals surface area contributed by atoms with Crippen molar-refractivity contribution in [1.82, 2.24) is 0 Å². The zero-order valence-corrected chi connectivity index (χ0v) is 12.0. The van der Waals surface area contributed by atoms with Gasteiger partial charge < -0.3 is 9.47 Å². The Morgan fingerprint density at radius 3 is 2.62 bits per heavy atom. The van der Waals surface area contributed by atoms with Gasteiger partial charge in [0.1, 0.15) is 12.4 Å². The molecule has 0 bridgehead atoms. The number of benzene rings is 1. The van der Waals surface area contributed by atoms with Crippen molar-refractivity contribution in [2.45, 2.75) is 19.4 Å². The standard InChI is InChI=1S/C11H12ClIO3/c1-7(14)16-6-9-3-8(5-12)11(15-2)4-10(9)13/h3-4H,5-6H2,1-2H3. The Hall–Kier alpha value is -0.490. The van der Waals surface area contributed by atoms with Gasteiger partial charge in [-0.1, -0.05) is 0 Å². The maximum absolute atomic E-state index is 10.7. The van der Waals surface area contributed by atoms with Gasteiger partial charge >= 0.3 is 5.97 Å². The van der Waals surface area contributed by atoms with Gasteiger partial charge in [-0.05, 0) is 34.7 Å². The average Bonchev–Trinajstić information content (AvgIpc) is 2.26. The van der Waals surface area contributed by atoms with Crippen LogP contribution in [0.2, 0.25) is 0 Å². The van der Waals surface area contributed by atoms with Gasteiger partial charge in [-0.25, -0.2) is 0 Å². The van der Waals surface area contributed by atoms with Crippen LogP contribution >= 0.6 is 34.2 Å². The summed E-state index contributed by atoms with van der Waals surface area (Å²) in [5.41, 5.74) is 1.83. The van der Waals surface area contributed by atoms with E-state index in [2.05, 4.69) is 22.6 Å². The van der Waals surface area contributed by atoms with Crippen molar-refractivity contribution in [3.05, 3.63) is 26.8 Å². The number of carbonyl (C=O) groups is 1. The Kier molecular flexibility index (Phi) is 5.34. The van der Waals surface area contributed by atoms with E-state index in [9.17, 15) is 4.79 Å². The molecule has 0 amide bonds. The fraction of sp³-hybridized carbons (Fsp3) is 0.364. The smallest absolute Gasteiger partial charge is 0.302 e. The Balaban J connectivity index is 2.96. The monoisotopic (exact) mass is 354 g/mol. The molecule has 0 aliphatic heterocycles. The number of halogens is 2. The molecule has 0 fully saturated rings. The lowest BCUT2D eigenvalue weighted by Gasteiger charge is -2.11. The van der Waals surface area contributed by atoms with E-state index in [4.69, 9.17) is 21.1 Å². The molecule has 88 valence electrons. The van der Waals surface area contributed by atoms with Crippen molar-refractivity contribution in [2.24, 2.45) is 0 Å². The Labute approximate surface area is 113 Å². The third kappa shape index (κ3) is 3.52. The van der Waals surface area contributed by atoms with E-state index >= 15 is 0 Å². The molecule has 1 aromatic carbocycles. The van der Waals surface area contributed by atoms with E-state index in [1.54, 1.807) is 7.11 Å². The number of methoxy groups -OCH3 is 1. The summed E-state index contributed by atoms with van der Waals surface area (Å²) < 4.78 is 11.1. The van der Waals surface area contributed by atoms with Crippen molar-refractivity contribution < 1.29 is 14.3 Å². The number of hydrogen-bond acceptors (Lipinski definition) is 3. The van der Waals surface area contributed by atoms with Crippen LogP contribution in [0.3, 0.4) is 0 Å². The number of carbonyl (C=O) groups excluding carboxylic acids is 1. The molecule has 0 aliphatic carbocycles. The third-order valence-corrected chi connectivity index (χ3v) is 3.32. The lowest BCUT2D eigenvalue weighted by Crippen LogP contribution is -2.02. The summed E-state index contributed by atoms with van der Waals surface area (Å²) in [6.07, 6.45) is 0. The molecule has 1 rings (SSSR count). The van der Waals surface area contributed by atoms with Crippen LogP contribution in [0.1, 0.15) is 18.1 Å². The number of esters is 1. The zero-order valence-electron chi connectivity index (χ0n) is 9.05. The molecule has 0 radical (unpaired) electrons. The zero-order chi connectivity index (χ0) is 12.1. The van der Waals surface area contributed by atoms with E-state index in [1.807, 2.05) is 12.1 Å². The summed E-state index contributed by atoms with van der Waals surface area (Å²) in [7, 11) is 1.60. The van der Waals surface area contributed by atoms with Gasteiger partial charge in [0.2, 0.25) is 0 Å². The van der Waals surface area contributed by atoms with Crippen LogP contribution in [-0.2, 0) is 22.0 Å². The van der Waals surface area contributed by atoms with E-state index in [-0.39, 0.29) is 12.6 Å². The minimum atomic E-state index is -0.293. The van der Waals surface area contributed by atoms with Gasteiger partial charge in [0.25, 0.3) is 0 Å². The van der Waals surface area contributed by atoms with Gasteiger partial charge in [0.05, 0.1) is 13.0 Å². The largest absolute Gasteiger partial charge is 0.496 e. The fourth-order valence-corrected chi connectivity index (χ4v) is 2.04. The molecule has 1 aromatic rings. The Morgan fingerprint density at radius 2 is 2.12 bits per heavy atom. The predicted molar refractivity (Wildman–Crippen MR) is 70.7 cm³/mol. The maximum atomic E-state index is 10.7. The second-order valence-corrected chi connectivity index (χ2v) is 4.60. The second-order valence-electron chi connectivity index (χ2n) is 3.17. The fourth-order valence-electron chi connectivity index (χ4n) is 1.24. The summed E-state index contributed by atoms with van der Waals surface area (Å²) >= 11 is 7.98. The van der Waals surface area contributed by atoms with Crippen molar-refractivity contribution >= 4 is 40.2 Å². The molecule has 0 N–H and O–H groups in total. The lowest BCUT2D eigenvalue weighted by atomic mass is 10.1. The first-order valence-corrected chi connectivity index (χ1v) is 6.24. The summed E-state index contributed by atoms with van der Waals surface area (Å²) in [6, 6.07) is 3.79. The van der Waals surface area contributed by atoms with E-state index in [1.165, 1.54) is 6.92 Å². The van der Waals surface area contributed by atoms with Crippen LogP contribution in [0, 0.1) is 3.57 Å². The molecule has 0 aliphatic rings. The SMILES string of the molecule is COc1cc(I)c(COC(C)=O)cc1CCl. The highest BCUT2D eigenvalue weighted by atomic mass is 127. The van der Waals surface area contributed by atoms with E-state index in [0.29, 0.717) is 5.88 Å². The molecule has 3 nitrogen and oxygen atoms in total. The summed E-state index contributed by atoms with van der Waals surface area (Å²) in [5.74, 6) is 0.831. The molecule has 5 heteroatoms. The average molecular weight is 355 g/mol.